The Kier molecular flexibility index (Phi) is 4.34. The summed E-state index contributed by atoms with van der Waals surface area (Å²) in [5.41, 5.74) is 11.6. The molecule has 1 unspecified atom stereocenters. The molecular weight excluding hydrogens is 274 g/mol. The average molecular weight is 297 g/mol. The fourth-order valence-corrected chi connectivity index (χ4v) is 3.15. The van der Waals surface area contributed by atoms with Gasteiger partial charge in [0.2, 0.25) is 0 Å². The average Bonchev–Trinajstić information content (AvgIpc) is 2.60. The number of fused-ring (bicyclic) bond motifs is 1. The molecule has 0 saturated heterocycles. The summed E-state index contributed by atoms with van der Waals surface area (Å²) in [6, 6.07) is 12.3. The monoisotopic (exact) mass is 297 g/mol. The third-order valence-corrected chi connectivity index (χ3v) is 4.46. The van der Waals surface area contributed by atoms with E-state index < -0.39 is 0 Å². The van der Waals surface area contributed by atoms with E-state index >= 15 is 0 Å². The molecule has 2 N–H and O–H groups in total. The number of benzene rings is 2. The first-order valence-corrected chi connectivity index (χ1v) is 7.81. The predicted molar refractivity (Wildman–Crippen MR) is 88.7 cm³/mol. The Balaban J connectivity index is 1.94. The molecule has 0 amide bonds. The van der Waals surface area contributed by atoms with E-state index in [4.69, 9.17) is 15.2 Å². The van der Waals surface area contributed by atoms with E-state index in [9.17, 15) is 0 Å². The van der Waals surface area contributed by atoms with Crippen LogP contribution in [0.25, 0.3) is 0 Å². The highest BCUT2D eigenvalue weighted by molar-refractivity contribution is 5.44. The number of hydrogen-bond acceptors (Lipinski definition) is 3. The number of hydrogen-bond donors (Lipinski definition) is 1. The summed E-state index contributed by atoms with van der Waals surface area (Å²) in [6.07, 6.45) is 4.93. The molecule has 3 nitrogen and oxygen atoms in total. The lowest BCUT2D eigenvalue weighted by molar-refractivity contribution is 0.393. The molecule has 1 atom stereocenters. The van der Waals surface area contributed by atoms with Gasteiger partial charge in [-0.2, -0.15) is 0 Å². The third-order valence-electron chi connectivity index (χ3n) is 4.46. The Morgan fingerprint density at radius 1 is 0.818 bits per heavy atom. The van der Waals surface area contributed by atoms with E-state index in [-0.39, 0.29) is 6.04 Å². The Morgan fingerprint density at radius 3 is 2.09 bits per heavy atom. The maximum Gasteiger partial charge on any atom is 0.122 e. The number of ether oxygens (including phenoxy) is 2. The van der Waals surface area contributed by atoms with Crippen molar-refractivity contribution in [3.8, 4) is 11.5 Å². The van der Waals surface area contributed by atoms with Crippen molar-refractivity contribution < 1.29 is 9.47 Å². The number of aryl methyl sites for hydroxylation is 2. The summed E-state index contributed by atoms with van der Waals surface area (Å²) in [5.74, 6) is 1.53. The van der Waals surface area contributed by atoms with E-state index in [1.165, 1.54) is 30.4 Å². The van der Waals surface area contributed by atoms with Gasteiger partial charge in [-0.1, -0.05) is 18.2 Å². The van der Waals surface area contributed by atoms with Crippen molar-refractivity contribution in [3.05, 3.63) is 58.7 Å². The van der Waals surface area contributed by atoms with Gasteiger partial charge in [-0.3, -0.25) is 0 Å². The second kappa shape index (κ2) is 6.41. The summed E-state index contributed by atoms with van der Waals surface area (Å²) in [6.45, 7) is 0. The van der Waals surface area contributed by atoms with Gasteiger partial charge in [0, 0.05) is 6.07 Å². The van der Waals surface area contributed by atoms with Gasteiger partial charge < -0.3 is 15.2 Å². The van der Waals surface area contributed by atoms with Crippen molar-refractivity contribution >= 4 is 0 Å². The molecule has 3 heteroatoms. The quantitative estimate of drug-likeness (QED) is 0.937. The van der Waals surface area contributed by atoms with E-state index in [1.54, 1.807) is 14.2 Å². The second-order valence-corrected chi connectivity index (χ2v) is 5.86. The maximum absolute atomic E-state index is 6.49. The zero-order valence-corrected chi connectivity index (χ0v) is 13.3. The van der Waals surface area contributed by atoms with Gasteiger partial charge in [0.15, 0.2) is 0 Å². The molecule has 116 valence electrons. The molecule has 1 aliphatic rings. The van der Waals surface area contributed by atoms with Crippen molar-refractivity contribution in [2.75, 3.05) is 14.2 Å². The minimum Gasteiger partial charge on any atom is -0.497 e. The van der Waals surface area contributed by atoms with Crippen LogP contribution in [0.4, 0.5) is 0 Å². The Hall–Kier alpha value is -2.00. The van der Waals surface area contributed by atoms with Crippen molar-refractivity contribution in [3.63, 3.8) is 0 Å². The first kappa shape index (κ1) is 14.9. The van der Waals surface area contributed by atoms with E-state index in [0.717, 1.165) is 29.0 Å². The largest absolute Gasteiger partial charge is 0.497 e. The topological polar surface area (TPSA) is 44.5 Å². The lowest BCUT2D eigenvalue weighted by Crippen LogP contribution is -2.14. The maximum atomic E-state index is 6.49. The Labute approximate surface area is 132 Å². The van der Waals surface area contributed by atoms with Gasteiger partial charge in [-0.25, -0.2) is 0 Å². The fourth-order valence-electron chi connectivity index (χ4n) is 3.15. The molecule has 0 spiro atoms. The molecule has 0 aliphatic heterocycles. The molecule has 0 saturated carbocycles. The molecule has 1 aliphatic carbocycles. The molecule has 0 aromatic heterocycles. The molecule has 2 aromatic rings. The van der Waals surface area contributed by atoms with Crippen LogP contribution in [-0.4, -0.2) is 14.2 Å². The van der Waals surface area contributed by atoms with Crippen LogP contribution >= 0.6 is 0 Å². The lowest BCUT2D eigenvalue weighted by Gasteiger charge is -2.20. The summed E-state index contributed by atoms with van der Waals surface area (Å²) >= 11 is 0. The lowest BCUT2D eigenvalue weighted by atomic mass is 9.88. The van der Waals surface area contributed by atoms with Crippen LogP contribution in [0.2, 0.25) is 0 Å². The molecule has 22 heavy (non-hydrogen) atoms. The predicted octanol–water partition coefficient (Wildman–Crippen LogP) is 3.63. The van der Waals surface area contributed by atoms with Crippen LogP contribution in [0.3, 0.4) is 0 Å². The zero-order chi connectivity index (χ0) is 15.5. The van der Waals surface area contributed by atoms with Crippen LogP contribution in [-0.2, 0) is 12.8 Å². The van der Waals surface area contributed by atoms with Crippen molar-refractivity contribution in [1.29, 1.82) is 0 Å². The molecular formula is C19H23NO2. The second-order valence-electron chi connectivity index (χ2n) is 5.86. The smallest absolute Gasteiger partial charge is 0.122 e. The number of methoxy groups -OCH3 is 2. The fraction of sp³-hybridized carbons (Fsp3) is 0.368. The van der Waals surface area contributed by atoms with Crippen molar-refractivity contribution in [1.82, 2.24) is 0 Å². The zero-order valence-electron chi connectivity index (χ0n) is 13.3. The van der Waals surface area contributed by atoms with E-state index in [0.29, 0.717) is 0 Å². The minimum absolute atomic E-state index is 0.170. The van der Waals surface area contributed by atoms with E-state index in [2.05, 4.69) is 18.2 Å². The van der Waals surface area contributed by atoms with Gasteiger partial charge >= 0.3 is 0 Å². The van der Waals surface area contributed by atoms with Gasteiger partial charge in [-0.05, 0) is 60.1 Å². The molecule has 3 rings (SSSR count). The van der Waals surface area contributed by atoms with Crippen LogP contribution in [0.5, 0.6) is 11.5 Å². The Bertz CT molecular complexity index is 644. The summed E-state index contributed by atoms with van der Waals surface area (Å²) < 4.78 is 10.7. The van der Waals surface area contributed by atoms with Crippen LogP contribution in [0.15, 0.2) is 36.4 Å². The summed E-state index contributed by atoms with van der Waals surface area (Å²) in [4.78, 5) is 0. The van der Waals surface area contributed by atoms with Gasteiger partial charge in [0.05, 0.1) is 20.3 Å². The van der Waals surface area contributed by atoms with Gasteiger partial charge in [0.1, 0.15) is 11.5 Å². The number of rotatable bonds is 4. The molecule has 0 fully saturated rings. The van der Waals surface area contributed by atoms with Gasteiger partial charge in [0.25, 0.3) is 0 Å². The minimum atomic E-state index is -0.170. The molecule has 2 aromatic carbocycles. The van der Waals surface area contributed by atoms with E-state index in [1.807, 2.05) is 18.2 Å². The van der Waals surface area contributed by atoms with Crippen molar-refractivity contribution in [2.24, 2.45) is 5.73 Å². The highest BCUT2D eigenvalue weighted by Crippen LogP contribution is 2.30. The molecule has 0 radical (unpaired) electrons. The third kappa shape index (κ3) is 2.95. The van der Waals surface area contributed by atoms with Gasteiger partial charge in [-0.15, -0.1) is 0 Å². The standard InChI is InChI=1S/C19H23NO2/c1-21-17-10-16(11-18(12-17)22-2)19(20)15-8-7-13-5-3-4-6-14(13)9-15/h7-12,19H,3-6,20H2,1-2H3. The first-order chi connectivity index (χ1) is 10.7. The van der Waals surface area contributed by atoms with Crippen LogP contribution in [0, 0.1) is 0 Å². The summed E-state index contributed by atoms with van der Waals surface area (Å²) in [5, 5.41) is 0. The normalized spacial score (nSPS) is 15.0. The molecule has 0 heterocycles. The van der Waals surface area contributed by atoms with Crippen LogP contribution < -0.4 is 15.2 Å². The first-order valence-electron chi connectivity index (χ1n) is 7.81. The SMILES string of the molecule is COc1cc(OC)cc(C(N)c2ccc3c(c2)CCCC3)c1. The summed E-state index contributed by atoms with van der Waals surface area (Å²) in [7, 11) is 3.31. The highest BCUT2D eigenvalue weighted by atomic mass is 16.5. The number of nitrogens with two attached hydrogens (primary N) is 1. The van der Waals surface area contributed by atoms with Crippen molar-refractivity contribution in [2.45, 2.75) is 31.7 Å². The Morgan fingerprint density at radius 2 is 1.45 bits per heavy atom. The molecule has 0 bridgehead atoms. The van der Waals surface area contributed by atoms with Crippen LogP contribution in [0.1, 0.15) is 41.1 Å². The highest BCUT2D eigenvalue weighted by Gasteiger charge is 2.15.